The third-order valence-electron chi connectivity index (χ3n) is 10.0. The van der Waals surface area contributed by atoms with E-state index < -0.39 is 0 Å². The zero-order valence-electron chi connectivity index (χ0n) is 8.64. The minimum absolute atomic E-state index is 1.07. The highest BCUT2D eigenvalue weighted by Gasteiger charge is 3.11. The Bertz CT molecular complexity index is 410. The van der Waals surface area contributed by atoms with E-state index in [1.165, 1.54) is 71.0 Å². The zero-order valence-corrected chi connectivity index (χ0v) is 8.64. The summed E-state index contributed by atoms with van der Waals surface area (Å²) >= 11 is 0. The highest BCUT2D eigenvalue weighted by atomic mass is 15.1. The maximum absolute atomic E-state index is 1.78. The van der Waals surface area contributed by atoms with Crippen molar-refractivity contribution < 1.29 is 0 Å². The average molecular weight is 194 g/mol. The van der Waals surface area contributed by atoms with E-state index in [0.717, 1.165) is 10.8 Å². The molecule has 4 bridgehead atoms. The Hall–Kier alpha value is 0. The topological polar surface area (TPSA) is 0 Å². The van der Waals surface area contributed by atoms with Gasteiger partial charge in [0.25, 0.3) is 0 Å². The second kappa shape index (κ2) is 0.985. The van der Waals surface area contributed by atoms with Crippen molar-refractivity contribution in [2.45, 2.75) is 6.42 Å². The van der Waals surface area contributed by atoms with E-state index in [2.05, 4.69) is 0 Å². The lowest BCUT2D eigenvalue weighted by molar-refractivity contribution is 0.257. The molecule has 0 aromatic carbocycles. The summed E-state index contributed by atoms with van der Waals surface area (Å²) in [4.78, 5) is 0. The third-order valence-corrected chi connectivity index (χ3v) is 10.0. The van der Waals surface area contributed by atoms with Crippen molar-refractivity contribution in [3.63, 3.8) is 0 Å². The quantitative estimate of drug-likeness (QED) is 0.552. The first-order valence-electron chi connectivity index (χ1n) is 7.45. The van der Waals surface area contributed by atoms with Crippen LogP contribution >= 0.6 is 0 Å². The molecule has 11 aliphatic rings. The molecule has 0 aliphatic heterocycles. The maximum atomic E-state index is 1.78. The standard InChI is InChI=1S/C15H14/c1-14(10-2-3(10)5-4(2)11(5)14)15(1)12-6-7(12)9-8(6)13(9)15/h2-13H,1H2. The third kappa shape index (κ3) is 0.233. The predicted octanol–water partition coefficient (Wildman–Crippen LogP) is 1.87. The minimum Gasteiger partial charge on any atom is -0.0396 e. The SMILES string of the molecule is C1C2(C3C4C3C3C4C32)C12C1C3C1C1C3C12. The molecule has 0 nitrogen and oxygen atoms in total. The molecule has 11 saturated carbocycles. The molecule has 2 spiro atoms. The Balaban J connectivity index is 1.43. The van der Waals surface area contributed by atoms with E-state index in [1.807, 2.05) is 0 Å². The molecular weight excluding hydrogens is 180 g/mol. The van der Waals surface area contributed by atoms with E-state index in [-0.39, 0.29) is 0 Å². The van der Waals surface area contributed by atoms with E-state index in [9.17, 15) is 0 Å². The number of hydrogen-bond donors (Lipinski definition) is 0. The first-order chi connectivity index (χ1) is 7.45. The molecule has 0 amide bonds. The molecular formula is C15H14. The zero-order chi connectivity index (χ0) is 8.64. The minimum atomic E-state index is 1.07. The van der Waals surface area contributed by atoms with Gasteiger partial charge in [-0.2, -0.15) is 0 Å². The van der Waals surface area contributed by atoms with Gasteiger partial charge in [0.1, 0.15) is 0 Å². The van der Waals surface area contributed by atoms with Crippen LogP contribution in [0.5, 0.6) is 0 Å². The van der Waals surface area contributed by atoms with Crippen LogP contribution in [0.15, 0.2) is 0 Å². The second-order valence-electron chi connectivity index (χ2n) is 8.98. The van der Waals surface area contributed by atoms with E-state index in [4.69, 9.17) is 0 Å². The molecule has 0 unspecified atom stereocenters. The van der Waals surface area contributed by atoms with Gasteiger partial charge in [-0.25, -0.2) is 0 Å². The molecule has 0 aromatic rings. The summed E-state index contributed by atoms with van der Waals surface area (Å²) in [5.74, 6) is 16.1. The summed E-state index contributed by atoms with van der Waals surface area (Å²) in [6.45, 7) is 0. The highest BCUT2D eigenvalue weighted by Crippen LogP contribution is 3.14. The smallest absolute Gasteiger partial charge is 0.0161 e. The summed E-state index contributed by atoms with van der Waals surface area (Å²) in [6, 6.07) is 0. The van der Waals surface area contributed by atoms with Crippen molar-refractivity contribution in [1.82, 2.24) is 0 Å². The molecule has 0 aromatic heterocycles. The van der Waals surface area contributed by atoms with Crippen LogP contribution in [-0.4, -0.2) is 0 Å². The summed E-state index contributed by atoms with van der Waals surface area (Å²) in [5.41, 5.74) is 2.14. The van der Waals surface area contributed by atoms with Crippen molar-refractivity contribution >= 4 is 0 Å². The molecule has 74 valence electrons. The Morgan fingerprint density at radius 1 is 0.467 bits per heavy atom. The van der Waals surface area contributed by atoms with Crippen molar-refractivity contribution in [1.29, 1.82) is 0 Å². The number of rotatable bonds is 0. The van der Waals surface area contributed by atoms with Crippen LogP contribution in [0.2, 0.25) is 0 Å². The van der Waals surface area contributed by atoms with Crippen molar-refractivity contribution in [3.8, 4) is 0 Å². The van der Waals surface area contributed by atoms with Crippen molar-refractivity contribution in [2.24, 2.45) is 81.8 Å². The molecule has 11 aliphatic carbocycles. The number of hydrogen-bond acceptors (Lipinski definition) is 0. The highest BCUT2D eigenvalue weighted by molar-refractivity contribution is 5.57. The molecule has 11 rings (SSSR count). The van der Waals surface area contributed by atoms with Gasteiger partial charge < -0.3 is 0 Å². The monoisotopic (exact) mass is 194 g/mol. The van der Waals surface area contributed by atoms with Crippen molar-refractivity contribution in [2.75, 3.05) is 0 Å². The van der Waals surface area contributed by atoms with Gasteiger partial charge in [0.15, 0.2) is 0 Å². The van der Waals surface area contributed by atoms with Crippen LogP contribution in [0.4, 0.5) is 0 Å². The fraction of sp³-hybridized carbons (Fsp3) is 1.00. The van der Waals surface area contributed by atoms with Gasteiger partial charge in [-0.1, -0.05) is 0 Å². The Morgan fingerprint density at radius 3 is 1.00 bits per heavy atom. The fourth-order valence-electron chi connectivity index (χ4n) is 10.5. The van der Waals surface area contributed by atoms with Gasteiger partial charge in [-0.05, 0) is 88.3 Å². The molecule has 0 heterocycles. The molecule has 0 radical (unpaired) electrons. The van der Waals surface area contributed by atoms with Gasteiger partial charge in [-0.15, -0.1) is 0 Å². The lowest BCUT2D eigenvalue weighted by atomic mass is 9.83. The molecule has 0 heteroatoms. The van der Waals surface area contributed by atoms with Crippen molar-refractivity contribution in [3.05, 3.63) is 0 Å². The maximum Gasteiger partial charge on any atom is -0.0161 e. The van der Waals surface area contributed by atoms with Gasteiger partial charge in [0.2, 0.25) is 0 Å². The fourth-order valence-corrected chi connectivity index (χ4v) is 10.5. The molecule has 15 heavy (non-hydrogen) atoms. The average Bonchev–Trinajstić information content (AvgIpc) is 2.89. The second-order valence-corrected chi connectivity index (χ2v) is 8.98. The summed E-state index contributed by atoms with van der Waals surface area (Å²) in [7, 11) is 0. The van der Waals surface area contributed by atoms with Crippen LogP contribution in [0, 0.1) is 81.8 Å². The summed E-state index contributed by atoms with van der Waals surface area (Å²) in [5, 5.41) is 0. The molecule has 0 atom stereocenters. The van der Waals surface area contributed by atoms with E-state index >= 15 is 0 Å². The normalized spacial score (nSPS) is 114. The predicted molar refractivity (Wildman–Crippen MR) is 51.4 cm³/mol. The largest absolute Gasteiger partial charge is 0.0396 e. The Labute approximate surface area is 88.8 Å². The molecule has 0 saturated heterocycles. The van der Waals surface area contributed by atoms with Crippen LogP contribution in [0.1, 0.15) is 6.42 Å². The van der Waals surface area contributed by atoms with Gasteiger partial charge in [0.05, 0.1) is 0 Å². The lowest BCUT2D eigenvalue weighted by Crippen LogP contribution is -2.18. The molecule has 0 N–H and O–H groups in total. The van der Waals surface area contributed by atoms with Crippen LogP contribution in [0.25, 0.3) is 0 Å². The van der Waals surface area contributed by atoms with Gasteiger partial charge >= 0.3 is 0 Å². The van der Waals surface area contributed by atoms with Crippen LogP contribution < -0.4 is 0 Å². The van der Waals surface area contributed by atoms with Gasteiger partial charge in [0, 0.05) is 0 Å². The van der Waals surface area contributed by atoms with Crippen LogP contribution in [-0.2, 0) is 0 Å². The van der Waals surface area contributed by atoms with Crippen LogP contribution in [0.3, 0.4) is 0 Å². The Morgan fingerprint density at radius 2 is 0.733 bits per heavy atom. The van der Waals surface area contributed by atoms with E-state index in [1.54, 1.807) is 6.42 Å². The molecule has 11 fully saturated rings. The summed E-state index contributed by atoms with van der Waals surface area (Å²) in [6.07, 6.45) is 1.78. The van der Waals surface area contributed by atoms with E-state index in [0.29, 0.717) is 0 Å². The first kappa shape index (κ1) is 5.56. The summed E-state index contributed by atoms with van der Waals surface area (Å²) < 4.78 is 0. The Kier molecular flexibility index (Phi) is 0.365. The van der Waals surface area contributed by atoms with Gasteiger partial charge in [-0.3, -0.25) is 0 Å². The first-order valence-corrected chi connectivity index (χ1v) is 7.45. The lowest BCUT2D eigenvalue weighted by Gasteiger charge is -2.20.